The lowest BCUT2D eigenvalue weighted by Crippen LogP contribution is -2.62. The Labute approximate surface area is 738 Å². The van der Waals surface area contributed by atoms with Crippen LogP contribution in [0.3, 0.4) is 0 Å². The van der Waals surface area contributed by atoms with E-state index in [1.54, 1.807) is 109 Å². The molecule has 12 rings (SSSR count). The van der Waals surface area contributed by atoms with Crippen molar-refractivity contribution in [3.05, 3.63) is 170 Å². The second kappa shape index (κ2) is 37.6. The van der Waals surface area contributed by atoms with Crippen molar-refractivity contribution in [3.63, 3.8) is 0 Å². The Bertz CT molecular complexity index is 5560. The molecule has 0 bridgehead atoms. The minimum atomic E-state index is -3.83. The average molecular weight is 1790 g/mol. The average Bonchev–Trinajstić information content (AvgIpc) is 1.58. The number of thiophene rings is 2. The topological polar surface area (TPSA) is 382 Å². The van der Waals surface area contributed by atoms with E-state index < -0.39 is 155 Å². The van der Waals surface area contributed by atoms with Gasteiger partial charge in [0.25, 0.3) is 20.0 Å². The van der Waals surface area contributed by atoms with E-state index in [0.717, 1.165) is 33.8 Å². The van der Waals surface area contributed by atoms with Crippen molar-refractivity contribution >= 4 is 112 Å². The third-order valence-corrected chi connectivity index (χ3v) is 29.7. The number of rotatable bonds is 30. The number of esters is 1. The molecule has 4 aliphatic rings. The summed E-state index contributed by atoms with van der Waals surface area (Å²) in [7, 11) is -0.363. The molecule has 6 heterocycles. The van der Waals surface area contributed by atoms with Crippen molar-refractivity contribution in [3.8, 4) is 45.5 Å². The molecule has 4 aromatic heterocycles. The van der Waals surface area contributed by atoms with Gasteiger partial charge in [-0.1, -0.05) is 168 Å². The maximum atomic E-state index is 15.0. The molecule has 2 unspecified atom stereocenters. The van der Waals surface area contributed by atoms with E-state index in [9.17, 15) is 55.5 Å². The number of carboxylic acids is 1. The van der Waals surface area contributed by atoms with Crippen LogP contribution < -0.4 is 50.8 Å². The Morgan fingerprint density at radius 2 is 0.904 bits per heavy atom. The molecule has 4 aromatic carbocycles. The Morgan fingerprint density at radius 1 is 0.528 bits per heavy atom. The summed E-state index contributed by atoms with van der Waals surface area (Å²) in [6.45, 7) is 29.3. The highest BCUT2D eigenvalue weighted by Gasteiger charge is 2.63. The van der Waals surface area contributed by atoms with Gasteiger partial charge in [-0.05, 0) is 81.7 Å². The number of nitrogens with zero attached hydrogens (tertiary/aromatic N) is 6. The highest BCUT2D eigenvalue weighted by atomic mass is 32.3. The molecular formula is C91H114N12O18S4. The van der Waals surface area contributed by atoms with Crippen LogP contribution in [0.15, 0.2) is 178 Å². The number of carbonyl (C=O) groups is 8. The fourth-order valence-electron chi connectivity index (χ4n) is 15.4. The predicted octanol–water partition coefficient (Wildman–Crippen LogP) is 11.9. The van der Waals surface area contributed by atoms with Gasteiger partial charge in [0.05, 0.1) is 56.8 Å². The van der Waals surface area contributed by atoms with E-state index >= 15 is 4.79 Å². The van der Waals surface area contributed by atoms with Gasteiger partial charge in [-0.25, -0.2) is 46.0 Å². The molecule has 8 amide bonds. The van der Waals surface area contributed by atoms with Crippen LogP contribution in [0.5, 0.6) is 23.0 Å². The van der Waals surface area contributed by atoms with Crippen LogP contribution in [0.2, 0.25) is 0 Å². The monoisotopic (exact) mass is 1790 g/mol. The first-order valence-corrected chi connectivity index (χ1v) is 45.7. The second-order valence-electron chi connectivity index (χ2n) is 36.4. The second-order valence-corrected chi connectivity index (χ2v) is 42.8. The van der Waals surface area contributed by atoms with Crippen LogP contribution in [-0.4, -0.2) is 219 Å². The number of likely N-dealkylation sites (tertiary alicyclic amines) is 2. The van der Waals surface area contributed by atoms with Gasteiger partial charge in [0, 0.05) is 110 Å². The molecular weight excluding hydrogens is 1680 g/mol. The summed E-state index contributed by atoms with van der Waals surface area (Å²) in [6, 6.07) is 32.5. The number of fused-ring (bicyclic) bond motifs is 2. The van der Waals surface area contributed by atoms with Gasteiger partial charge in [0.2, 0.25) is 23.6 Å². The number of methoxy groups -OCH3 is 3. The maximum Gasteiger partial charge on any atom is 0.332 e. The number of aromatic nitrogens is 2. The lowest BCUT2D eigenvalue weighted by atomic mass is 9.85. The van der Waals surface area contributed by atoms with Gasteiger partial charge in [-0.15, -0.1) is 35.8 Å². The number of amides is 8. The van der Waals surface area contributed by atoms with E-state index in [1.165, 1.54) is 57.8 Å². The van der Waals surface area contributed by atoms with Gasteiger partial charge in [0.15, 0.2) is 0 Å². The van der Waals surface area contributed by atoms with Gasteiger partial charge in [0.1, 0.15) is 78.9 Å². The summed E-state index contributed by atoms with van der Waals surface area (Å²) in [5.41, 5.74) is -1.74. The highest BCUT2D eigenvalue weighted by Crippen LogP contribution is 2.48. The summed E-state index contributed by atoms with van der Waals surface area (Å²) < 4.78 is 85.6. The number of urea groups is 2. The number of sulfonamides is 2. The predicted molar refractivity (Wildman–Crippen MR) is 479 cm³/mol. The van der Waals surface area contributed by atoms with Gasteiger partial charge in [-0.3, -0.25) is 19.2 Å². The fraction of sp³-hybridized carbons (Fsp3) is 0.451. The largest absolute Gasteiger partial charge is 0.497 e. The van der Waals surface area contributed by atoms with Crippen LogP contribution in [0.25, 0.3) is 44.3 Å². The maximum absolute atomic E-state index is 15.0. The number of likely N-dealkylation sites (N-methyl/N-ethyl adjacent to an activating group) is 2. The molecule has 7 N–H and O–H groups in total. The number of ether oxygens (including phenoxy) is 5. The Morgan fingerprint density at radius 3 is 1.22 bits per heavy atom. The first-order valence-electron chi connectivity index (χ1n) is 41.1. The molecule has 30 nitrogen and oxygen atoms in total. The first-order chi connectivity index (χ1) is 58.7. The summed E-state index contributed by atoms with van der Waals surface area (Å²) in [6.07, 6.45) is 2.11. The van der Waals surface area contributed by atoms with Crippen LogP contribution >= 0.6 is 22.7 Å². The zero-order chi connectivity index (χ0) is 91.4. The smallest absolute Gasteiger partial charge is 0.332 e. The summed E-state index contributed by atoms with van der Waals surface area (Å²) >= 11 is 2.20. The lowest BCUT2D eigenvalue weighted by molar-refractivity contribution is -0.148. The Hall–Kier alpha value is -11.0. The zero-order valence-electron chi connectivity index (χ0n) is 73.6. The van der Waals surface area contributed by atoms with Gasteiger partial charge < -0.3 is 70.5 Å². The lowest BCUT2D eigenvalue weighted by Gasteiger charge is -2.37. The third kappa shape index (κ3) is 21.4. The standard InChI is InChI=1S/C46H58N6O9S2.C45H56N6O9S2/c1-11-29-25-46(29,42(55)60-10)50-40(53)35-23-31(61-36-24-33(28-16-13-12-14-17-28)47-34-22-30(59-9)19-20-32(34)36)26-52(35)41(54)39(45(5,6)7)49-43(56)48-37(44(2,3)4)27-51(8)63(57,58)38-18-15-21-62-38;1-10-28-24-45(28,41(54)55)49-39(52)34-22-30(60-35-23-32(27-15-12-11-13-16-27)46-33-21-29(59-9)18-19-31(33)35)25-51(34)40(53)38(44(5,6)7)48-42(56)47-36(43(2,3)4)26-50(8)62(57,58)37-17-14-20-61-37/h11-22,24,29,31,35,37,39H,1,23,25-27H2,2-10H3,(H,50,53)(H2,48,49,56);10-21,23,28,30,34,36,38H,1,22,24-26H2,2-9H3,(H,49,52)(H,54,55)(H2,47,48,56)/t29?,31-,35+,37-,39-,46-;28?,30-,34+,36-,38-,45-/m11/s1. The van der Waals surface area contributed by atoms with Gasteiger partial charge >= 0.3 is 24.0 Å². The molecule has 4 fully saturated rings. The van der Waals surface area contributed by atoms with Crippen molar-refractivity contribution in [1.82, 2.24) is 60.3 Å². The minimum absolute atomic E-state index is 0.00682. The third-order valence-electron chi connectivity index (χ3n) is 23.3. The summed E-state index contributed by atoms with van der Waals surface area (Å²) in [5.74, 6) is -2.97. The van der Waals surface area contributed by atoms with Crippen molar-refractivity contribution in [1.29, 1.82) is 0 Å². The molecule has 2 saturated heterocycles. The van der Waals surface area contributed by atoms with E-state index in [4.69, 9.17) is 33.7 Å². The molecule has 670 valence electrons. The number of hydrogen-bond acceptors (Lipinski definition) is 21. The molecule has 34 heteroatoms. The molecule has 2 saturated carbocycles. The van der Waals surface area contributed by atoms with E-state index in [0.29, 0.717) is 56.2 Å². The van der Waals surface area contributed by atoms with Crippen LogP contribution in [0, 0.1) is 33.5 Å². The van der Waals surface area contributed by atoms with Crippen molar-refractivity contribution in [2.24, 2.45) is 33.5 Å². The summed E-state index contributed by atoms with van der Waals surface area (Å²) in [4.78, 5) is 125. The van der Waals surface area contributed by atoms with Crippen molar-refractivity contribution in [2.75, 3.05) is 61.6 Å². The number of benzene rings is 4. The number of nitrogens with one attached hydrogen (secondary N) is 6. The number of pyridine rings is 2. The molecule has 125 heavy (non-hydrogen) atoms. The van der Waals surface area contributed by atoms with E-state index in [2.05, 4.69) is 45.1 Å². The quantitative estimate of drug-likeness (QED) is 0.0162. The van der Waals surface area contributed by atoms with Gasteiger partial charge in [-0.2, -0.15) is 8.61 Å². The molecule has 2 aliphatic carbocycles. The number of carboxylic acid groups (broad SMARTS) is 1. The molecule has 8 aromatic rings. The van der Waals surface area contributed by atoms with E-state index in [-0.39, 0.29) is 66.2 Å². The Balaban J connectivity index is 0.000000243. The van der Waals surface area contributed by atoms with Crippen LogP contribution in [0.4, 0.5) is 9.59 Å². The minimum Gasteiger partial charge on any atom is -0.497 e. The van der Waals surface area contributed by atoms with Crippen molar-refractivity contribution in [2.45, 2.75) is 177 Å². The fourth-order valence-corrected chi connectivity index (χ4v) is 20.2. The molecule has 2 aliphatic heterocycles. The number of hydrogen-bond donors (Lipinski definition) is 7. The van der Waals surface area contributed by atoms with E-state index in [1.807, 2.05) is 126 Å². The first kappa shape index (κ1) is 94.6. The number of aliphatic carboxylic acids is 1. The van der Waals surface area contributed by atoms with Crippen LogP contribution in [-0.2, 0) is 53.6 Å². The van der Waals surface area contributed by atoms with Crippen molar-refractivity contribution < 1.29 is 84.0 Å². The normalized spacial score (nSPS) is 21.1. The number of carbonyl (C=O) groups excluding carboxylic acids is 7. The highest BCUT2D eigenvalue weighted by molar-refractivity contribution is 7.91. The molecule has 12 atom stereocenters. The SMILES string of the molecule is C=CC1C[C@]1(NC(=O)[C@@H]1C[C@@H](Oc2cc(-c3ccccc3)nc3cc(OC)ccc23)CN1C(=O)[C@@H](NC(=O)N[C@H](CN(C)S(=O)(=O)c1cccs1)C(C)(C)C)C(C)(C)C)C(=O)O.C=CC1C[C@]1(NC(=O)[C@@H]1C[C@@H](Oc2cc(-c3ccccc3)nc3cc(OC)ccc23)CN1C(=O)[C@@H](NC(=O)N[C@H](CN(C)S(=O)(=O)c1cccs1)C(C)(C)C)C(C)(C)C)C(=O)OC. The van der Waals surface area contributed by atoms with Crippen LogP contribution in [0.1, 0.15) is 109 Å². The molecule has 0 spiro atoms. The molecule has 0 radical (unpaired) electrons. The Kier molecular flexibility index (Phi) is 28.5. The summed E-state index contributed by atoms with van der Waals surface area (Å²) in [5, 5.41) is 32.1. The zero-order valence-corrected chi connectivity index (χ0v) is 76.8.